The van der Waals surface area contributed by atoms with Gasteiger partial charge in [0, 0.05) is 29.4 Å². The number of fused-ring (bicyclic) bond motifs is 7. The Morgan fingerprint density at radius 3 is 2.63 bits per heavy atom. The van der Waals surface area contributed by atoms with Gasteiger partial charge in [0.15, 0.2) is 0 Å². The number of benzene rings is 2. The highest BCUT2D eigenvalue weighted by atomic mass is 16.6. The first-order valence-corrected chi connectivity index (χ1v) is 11.6. The average molecular weight is 476 g/mol. The summed E-state index contributed by atoms with van der Waals surface area (Å²) in [6, 6.07) is 7.47. The lowest BCUT2D eigenvalue weighted by molar-refractivity contribution is -0.384. The van der Waals surface area contributed by atoms with Crippen LogP contribution in [0, 0.1) is 35.8 Å². The lowest BCUT2D eigenvalue weighted by Crippen LogP contribution is -2.54. The first-order chi connectivity index (χ1) is 16.7. The van der Waals surface area contributed by atoms with Gasteiger partial charge in [-0.2, -0.15) is 0 Å². The van der Waals surface area contributed by atoms with Gasteiger partial charge in [-0.3, -0.25) is 29.4 Å². The van der Waals surface area contributed by atoms with E-state index in [0.717, 1.165) is 28.0 Å². The van der Waals surface area contributed by atoms with Crippen LogP contribution in [0.5, 0.6) is 5.75 Å². The van der Waals surface area contributed by atoms with Gasteiger partial charge in [-0.1, -0.05) is 17.7 Å². The summed E-state index contributed by atoms with van der Waals surface area (Å²) in [6.07, 6.45) is 1.50. The Kier molecular flexibility index (Phi) is 4.41. The zero-order valence-corrected chi connectivity index (χ0v) is 19.5. The minimum atomic E-state index is -1.30. The molecule has 0 radical (unpaired) electrons. The Morgan fingerprint density at radius 2 is 1.91 bits per heavy atom. The monoisotopic (exact) mass is 476 g/mol. The number of nitro groups is 1. The van der Waals surface area contributed by atoms with Crippen molar-refractivity contribution >= 4 is 34.8 Å². The van der Waals surface area contributed by atoms with E-state index >= 15 is 0 Å². The summed E-state index contributed by atoms with van der Waals surface area (Å²) in [5.74, 6) is -2.76. The fraction of sp³-hybridized carbons (Fsp3) is 0.400. The summed E-state index contributed by atoms with van der Waals surface area (Å²) >= 11 is 0. The number of methoxy groups -OCH3 is 1. The Hall–Kier alpha value is -3.79. The van der Waals surface area contributed by atoms with Gasteiger partial charge in [-0.15, -0.1) is 0 Å². The Balaban J connectivity index is 1.57. The molecule has 4 heterocycles. The lowest BCUT2D eigenvalue weighted by atomic mass is 9.75. The number of carbonyl (C=O) groups excluding carboxylic acids is 3. The maximum absolute atomic E-state index is 14.1. The number of nitro benzene ring substituents is 1. The largest absolute Gasteiger partial charge is 0.495 e. The van der Waals surface area contributed by atoms with Crippen molar-refractivity contribution in [2.24, 2.45) is 11.8 Å². The van der Waals surface area contributed by atoms with Crippen LogP contribution in [0.15, 0.2) is 30.3 Å². The third-order valence-corrected chi connectivity index (χ3v) is 8.06. The number of anilines is 2. The molecule has 1 spiro atoms. The second kappa shape index (κ2) is 7.11. The molecular formula is C25H24N4O6. The Labute approximate surface area is 201 Å². The molecule has 0 aliphatic carbocycles. The van der Waals surface area contributed by atoms with E-state index in [2.05, 4.69) is 10.2 Å². The van der Waals surface area contributed by atoms with Crippen LogP contribution >= 0.6 is 0 Å². The number of hydrogen-bond donors (Lipinski definition) is 1. The summed E-state index contributed by atoms with van der Waals surface area (Å²) in [6.45, 7) is 4.47. The molecule has 35 heavy (non-hydrogen) atoms. The minimum Gasteiger partial charge on any atom is -0.495 e. The zero-order chi connectivity index (χ0) is 24.8. The van der Waals surface area contributed by atoms with Crippen molar-refractivity contribution in [1.29, 1.82) is 0 Å². The number of nitrogens with one attached hydrogen (secondary N) is 1. The van der Waals surface area contributed by atoms with Crippen molar-refractivity contribution in [3.8, 4) is 5.75 Å². The molecule has 4 atom stereocenters. The number of non-ortho nitro benzene ring substituents is 1. The number of ether oxygens (including phenoxy) is 1. The summed E-state index contributed by atoms with van der Waals surface area (Å²) < 4.78 is 5.37. The highest BCUT2D eigenvalue weighted by Crippen LogP contribution is 2.61. The van der Waals surface area contributed by atoms with Gasteiger partial charge in [0.1, 0.15) is 17.0 Å². The molecule has 2 aromatic rings. The Morgan fingerprint density at radius 1 is 1.14 bits per heavy atom. The highest BCUT2D eigenvalue weighted by molar-refractivity contribution is 6.26. The standard InChI is InChI=1S/C25H24N4O6/c1-12-9-13(2)21-15(10-12)25(24(32)26-21)20-19(16-5-4-8-27(16)25)22(30)28(23(20)31)17-11-14(29(33)34)6-7-18(17)35-3/h6-7,9-11,16,19-20H,4-5,8H2,1-3H3,(H,26,32)/t16-,19+,20-,25-/m0/s1. The average Bonchev–Trinajstić information content (AvgIpc) is 3.52. The van der Waals surface area contributed by atoms with Gasteiger partial charge < -0.3 is 10.1 Å². The van der Waals surface area contributed by atoms with E-state index < -0.39 is 34.1 Å². The van der Waals surface area contributed by atoms with Crippen molar-refractivity contribution in [3.63, 3.8) is 0 Å². The molecule has 6 rings (SSSR count). The van der Waals surface area contributed by atoms with Crippen LogP contribution in [0.4, 0.5) is 17.1 Å². The normalized spacial score (nSPS) is 28.9. The van der Waals surface area contributed by atoms with E-state index in [1.54, 1.807) is 0 Å². The van der Waals surface area contributed by atoms with Crippen LogP contribution in [0.1, 0.15) is 29.5 Å². The predicted octanol–water partition coefficient (Wildman–Crippen LogP) is 2.65. The fourth-order valence-corrected chi connectivity index (χ4v) is 6.86. The maximum Gasteiger partial charge on any atom is 0.271 e. The lowest BCUT2D eigenvalue weighted by Gasteiger charge is -2.37. The smallest absolute Gasteiger partial charge is 0.271 e. The molecule has 10 nitrogen and oxygen atoms in total. The molecule has 1 N–H and O–H groups in total. The van der Waals surface area contributed by atoms with Crippen molar-refractivity contribution in [1.82, 2.24) is 4.90 Å². The molecule has 10 heteroatoms. The van der Waals surface area contributed by atoms with Crippen molar-refractivity contribution in [2.45, 2.75) is 38.3 Å². The molecule has 0 bridgehead atoms. The number of imide groups is 1. The van der Waals surface area contributed by atoms with E-state index in [-0.39, 0.29) is 29.1 Å². The quantitative estimate of drug-likeness (QED) is 0.411. The predicted molar refractivity (Wildman–Crippen MR) is 125 cm³/mol. The molecule has 0 saturated carbocycles. The van der Waals surface area contributed by atoms with Gasteiger partial charge >= 0.3 is 0 Å². The molecule has 180 valence electrons. The van der Waals surface area contributed by atoms with Crippen LogP contribution in [-0.2, 0) is 19.9 Å². The molecule has 0 unspecified atom stereocenters. The third-order valence-electron chi connectivity index (χ3n) is 8.06. The van der Waals surface area contributed by atoms with Crippen LogP contribution in [0.2, 0.25) is 0 Å². The van der Waals surface area contributed by atoms with Crippen LogP contribution < -0.4 is 15.0 Å². The van der Waals surface area contributed by atoms with Crippen LogP contribution in [-0.4, -0.2) is 47.2 Å². The summed E-state index contributed by atoms with van der Waals surface area (Å²) in [5, 5.41) is 14.5. The van der Waals surface area contributed by atoms with Gasteiger partial charge in [0.05, 0.1) is 23.9 Å². The first-order valence-electron chi connectivity index (χ1n) is 11.6. The zero-order valence-electron chi connectivity index (χ0n) is 19.5. The van der Waals surface area contributed by atoms with E-state index in [4.69, 9.17) is 4.74 Å². The van der Waals surface area contributed by atoms with Crippen molar-refractivity contribution in [3.05, 3.63) is 57.1 Å². The van der Waals surface area contributed by atoms with E-state index in [0.29, 0.717) is 18.7 Å². The van der Waals surface area contributed by atoms with E-state index in [1.807, 2.05) is 26.0 Å². The summed E-state index contributed by atoms with van der Waals surface area (Å²) in [7, 11) is 1.38. The number of amides is 3. The number of rotatable bonds is 3. The highest BCUT2D eigenvalue weighted by Gasteiger charge is 2.75. The van der Waals surface area contributed by atoms with Crippen molar-refractivity contribution < 1.29 is 24.0 Å². The SMILES string of the molecule is COc1ccc([N+](=O)[O-])cc1N1C(=O)[C@H]2[C@@H](C1=O)[C@@]1(C(=O)Nc3c(C)cc(C)cc31)N1CCC[C@@H]21. The molecular weight excluding hydrogens is 452 g/mol. The second-order valence-electron chi connectivity index (χ2n) is 9.76. The van der Waals surface area contributed by atoms with Gasteiger partial charge in [-0.25, -0.2) is 4.90 Å². The second-order valence-corrected chi connectivity index (χ2v) is 9.76. The van der Waals surface area contributed by atoms with Crippen LogP contribution in [0.25, 0.3) is 0 Å². The topological polar surface area (TPSA) is 122 Å². The molecule has 4 aliphatic heterocycles. The third kappa shape index (κ3) is 2.54. The molecule has 0 aromatic heterocycles. The van der Waals surface area contributed by atoms with Gasteiger partial charge in [0.2, 0.25) is 17.7 Å². The van der Waals surface area contributed by atoms with Crippen LogP contribution in [0.3, 0.4) is 0 Å². The molecule has 3 fully saturated rings. The number of hydrogen-bond acceptors (Lipinski definition) is 7. The molecule has 3 saturated heterocycles. The summed E-state index contributed by atoms with van der Waals surface area (Å²) in [4.78, 5) is 55.8. The van der Waals surface area contributed by atoms with Crippen molar-refractivity contribution in [2.75, 3.05) is 23.9 Å². The van der Waals surface area contributed by atoms with Gasteiger partial charge in [0.25, 0.3) is 5.69 Å². The molecule has 3 amide bonds. The fourth-order valence-electron chi connectivity index (χ4n) is 6.86. The summed E-state index contributed by atoms with van der Waals surface area (Å²) in [5.41, 5.74) is 1.76. The number of carbonyl (C=O) groups is 3. The maximum atomic E-state index is 14.1. The number of nitrogens with zero attached hydrogens (tertiary/aromatic N) is 3. The van der Waals surface area contributed by atoms with Gasteiger partial charge in [-0.05, 0) is 44.9 Å². The molecule has 2 aromatic carbocycles. The number of aryl methyl sites for hydroxylation is 2. The van der Waals surface area contributed by atoms with E-state index in [1.165, 1.54) is 25.3 Å². The first kappa shape index (κ1) is 21.7. The Bertz CT molecular complexity index is 1360. The minimum absolute atomic E-state index is 0.0323. The molecule has 4 aliphatic rings. The van der Waals surface area contributed by atoms with E-state index in [9.17, 15) is 24.5 Å².